The minimum atomic E-state index is -1.59. The fourth-order valence-electron chi connectivity index (χ4n) is 1.01. The highest BCUT2D eigenvalue weighted by Crippen LogP contribution is 2.16. The Morgan fingerprint density at radius 2 is 1.32 bits per heavy atom. The van der Waals surface area contributed by atoms with Crippen molar-refractivity contribution in [3.63, 3.8) is 0 Å². The van der Waals surface area contributed by atoms with Crippen molar-refractivity contribution in [1.29, 1.82) is 0 Å². The van der Waals surface area contributed by atoms with Gasteiger partial charge in [-0.05, 0) is 12.8 Å². The van der Waals surface area contributed by atoms with Gasteiger partial charge in [0.15, 0.2) is 0 Å². The molecule has 112 valence electrons. The van der Waals surface area contributed by atoms with Gasteiger partial charge in [0.05, 0.1) is 13.2 Å². The number of hydrogen-bond acceptors (Lipinski definition) is 7. The van der Waals surface area contributed by atoms with E-state index in [1.807, 2.05) is 13.8 Å². The van der Waals surface area contributed by atoms with Gasteiger partial charge in [-0.15, -0.1) is 0 Å². The Morgan fingerprint density at radius 3 is 1.63 bits per heavy atom. The molecule has 0 bridgehead atoms. The molecule has 6 nitrogen and oxygen atoms in total. The molecule has 2 atom stereocenters. The van der Waals surface area contributed by atoms with Crippen LogP contribution in [0.5, 0.6) is 0 Å². The van der Waals surface area contributed by atoms with Gasteiger partial charge in [0.25, 0.3) is 0 Å². The van der Waals surface area contributed by atoms with Crippen molar-refractivity contribution in [2.24, 2.45) is 0 Å². The first-order valence-corrected chi connectivity index (χ1v) is 7.32. The quantitative estimate of drug-likeness (QED) is 0.353. The molecule has 0 radical (unpaired) electrons. The van der Waals surface area contributed by atoms with Crippen molar-refractivity contribution in [3.05, 3.63) is 0 Å². The summed E-state index contributed by atoms with van der Waals surface area (Å²) in [5.74, 6) is -1.72. The Kier molecular flexibility index (Phi) is 10.6. The standard InChI is InChI=1S/C12H22O6S/c1-3-5-7-17-9(13)11(15)19-12(16)10(14)18-8-6-4-2/h11-12,15-16H,3-8H2,1-2H3/t11-,12-/m1/s1. The number of aliphatic hydroxyl groups is 2. The fraction of sp³-hybridized carbons (Fsp3) is 0.833. The molecule has 0 aliphatic heterocycles. The number of thioether (sulfide) groups is 1. The van der Waals surface area contributed by atoms with Crippen LogP contribution in [-0.4, -0.2) is 46.2 Å². The monoisotopic (exact) mass is 294 g/mol. The maximum Gasteiger partial charge on any atom is 0.345 e. The second-order valence-corrected chi connectivity index (χ2v) is 5.05. The number of aliphatic hydroxyl groups excluding tert-OH is 2. The third kappa shape index (κ3) is 8.85. The SMILES string of the molecule is CCCCOC(=O)[C@H](O)S[C@@H](O)C(=O)OCCCC. The number of rotatable bonds is 10. The lowest BCUT2D eigenvalue weighted by atomic mass is 10.4. The molecule has 0 spiro atoms. The molecule has 0 saturated carbocycles. The zero-order valence-corrected chi connectivity index (χ0v) is 12.1. The van der Waals surface area contributed by atoms with Crippen LogP contribution >= 0.6 is 11.8 Å². The van der Waals surface area contributed by atoms with Gasteiger partial charge in [-0.25, -0.2) is 9.59 Å². The molecular formula is C12H22O6S. The highest BCUT2D eigenvalue weighted by Gasteiger charge is 2.26. The number of esters is 2. The first-order chi connectivity index (χ1) is 9.02. The number of carbonyl (C=O) groups excluding carboxylic acids is 2. The molecular weight excluding hydrogens is 272 g/mol. The third-order valence-electron chi connectivity index (χ3n) is 2.15. The van der Waals surface area contributed by atoms with Crippen molar-refractivity contribution in [3.8, 4) is 0 Å². The van der Waals surface area contributed by atoms with E-state index in [0.717, 1.165) is 12.8 Å². The van der Waals surface area contributed by atoms with Gasteiger partial charge in [-0.2, -0.15) is 0 Å². The predicted molar refractivity (Wildman–Crippen MR) is 71.3 cm³/mol. The lowest BCUT2D eigenvalue weighted by molar-refractivity contribution is -0.149. The minimum absolute atomic E-state index is 0.212. The Balaban J connectivity index is 3.92. The normalized spacial score (nSPS) is 13.7. The average molecular weight is 294 g/mol. The summed E-state index contributed by atoms with van der Waals surface area (Å²) in [4.78, 5) is 22.6. The van der Waals surface area contributed by atoms with E-state index in [4.69, 9.17) is 9.47 Å². The van der Waals surface area contributed by atoms with Crippen molar-refractivity contribution < 1.29 is 29.3 Å². The second kappa shape index (κ2) is 11.1. The van der Waals surface area contributed by atoms with Crippen LogP contribution in [0.3, 0.4) is 0 Å². The van der Waals surface area contributed by atoms with Gasteiger partial charge < -0.3 is 19.7 Å². The smallest absolute Gasteiger partial charge is 0.345 e. The van der Waals surface area contributed by atoms with Crippen LogP contribution < -0.4 is 0 Å². The van der Waals surface area contributed by atoms with Gasteiger partial charge >= 0.3 is 11.9 Å². The molecule has 0 aromatic heterocycles. The summed E-state index contributed by atoms with van der Waals surface area (Å²) in [6.45, 7) is 4.30. The van der Waals surface area contributed by atoms with Crippen LogP contribution in [0.25, 0.3) is 0 Å². The lowest BCUT2D eigenvalue weighted by Crippen LogP contribution is -2.28. The molecule has 0 rings (SSSR count). The van der Waals surface area contributed by atoms with Crippen molar-refractivity contribution in [2.45, 2.75) is 50.4 Å². The summed E-state index contributed by atoms with van der Waals surface area (Å²) in [6, 6.07) is 0. The van der Waals surface area contributed by atoms with E-state index in [2.05, 4.69) is 0 Å². The maximum atomic E-state index is 11.3. The summed E-state index contributed by atoms with van der Waals surface area (Å²) in [6.07, 6.45) is 3.13. The molecule has 0 saturated heterocycles. The van der Waals surface area contributed by atoms with Gasteiger partial charge in [0.2, 0.25) is 10.9 Å². The second-order valence-electron chi connectivity index (χ2n) is 3.88. The molecule has 0 unspecified atom stereocenters. The Bertz CT molecular complexity index is 245. The molecule has 0 fully saturated rings. The maximum absolute atomic E-state index is 11.3. The van der Waals surface area contributed by atoms with Crippen LogP contribution in [0, 0.1) is 0 Å². The molecule has 0 aromatic carbocycles. The number of hydrogen-bond donors (Lipinski definition) is 2. The van der Waals surface area contributed by atoms with Crippen LogP contribution in [-0.2, 0) is 19.1 Å². The summed E-state index contributed by atoms with van der Waals surface area (Å²) in [7, 11) is 0. The van der Waals surface area contributed by atoms with E-state index < -0.39 is 22.8 Å². The predicted octanol–water partition coefficient (Wildman–Crippen LogP) is 1.04. The zero-order valence-electron chi connectivity index (χ0n) is 11.3. The molecule has 0 aliphatic rings. The highest BCUT2D eigenvalue weighted by atomic mass is 32.2. The number of ether oxygens (including phenoxy) is 2. The first-order valence-electron chi connectivity index (χ1n) is 6.37. The van der Waals surface area contributed by atoms with Crippen molar-refractivity contribution in [1.82, 2.24) is 0 Å². The highest BCUT2D eigenvalue weighted by molar-refractivity contribution is 8.01. The Morgan fingerprint density at radius 1 is 0.947 bits per heavy atom. The molecule has 2 N–H and O–H groups in total. The largest absolute Gasteiger partial charge is 0.463 e. The molecule has 0 amide bonds. The van der Waals surface area contributed by atoms with E-state index >= 15 is 0 Å². The van der Waals surface area contributed by atoms with E-state index in [-0.39, 0.29) is 13.2 Å². The summed E-state index contributed by atoms with van der Waals surface area (Å²) in [5, 5.41) is 18.9. The number of carbonyl (C=O) groups is 2. The van der Waals surface area contributed by atoms with Gasteiger partial charge in [-0.1, -0.05) is 38.5 Å². The Labute approximate surface area is 117 Å². The average Bonchev–Trinajstić information content (AvgIpc) is 2.38. The van der Waals surface area contributed by atoms with Gasteiger partial charge in [0.1, 0.15) is 0 Å². The molecule has 0 aliphatic carbocycles. The Hall–Kier alpha value is -0.790. The van der Waals surface area contributed by atoms with E-state index in [1.165, 1.54) is 0 Å². The molecule has 19 heavy (non-hydrogen) atoms. The van der Waals surface area contributed by atoms with Crippen LogP contribution in [0.2, 0.25) is 0 Å². The van der Waals surface area contributed by atoms with E-state index in [9.17, 15) is 19.8 Å². The fourth-order valence-corrected chi connectivity index (χ4v) is 1.61. The van der Waals surface area contributed by atoms with E-state index in [0.29, 0.717) is 24.6 Å². The molecule has 0 heterocycles. The summed E-state index contributed by atoms with van der Waals surface area (Å²) in [5.41, 5.74) is -3.18. The van der Waals surface area contributed by atoms with Gasteiger partial charge in [0, 0.05) is 0 Å². The minimum Gasteiger partial charge on any atom is -0.463 e. The molecule has 7 heteroatoms. The van der Waals surface area contributed by atoms with E-state index in [1.54, 1.807) is 0 Å². The topological polar surface area (TPSA) is 93.1 Å². The van der Waals surface area contributed by atoms with Gasteiger partial charge in [-0.3, -0.25) is 0 Å². The summed E-state index contributed by atoms with van der Waals surface area (Å²) >= 11 is 0.394. The van der Waals surface area contributed by atoms with Crippen LogP contribution in [0.15, 0.2) is 0 Å². The van der Waals surface area contributed by atoms with Crippen molar-refractivity contribution in [2.75, 3.05) is 13.2 Å². The zero-order chi connectivity index (χ0) is 14.7. The first kappa shape index (κ1) is 18.2. The third-order valence-corrected chi connectivity index (χ3v) is 3.05. The molecule has 0 aromatic rings. The van der Waals surface area contributed by atoms with Crippen LogP contribution in [0.1, 0.15) is 39.5 Å². The lowest BCUT2D eigenvalue weighted by Gasteiger charge is -2.14. The summed E-state index contributed by atoms with van der Waals surface area (Å²) < 4.78 is 9.50. The van der Waals surface area contributed by atoms with Crippen LogP contribution in [0.4, 0.5) is 0 Å². The van der Waals surface area contributed by atoms with Crippen molar-refractivity contribution >= 4 is 23.7 Å². The number of unbranched alkanes of at least 4 members (excludes halogenated alkanes) is 2.